The summed E-state index contributed by atoms with van der Waals surface area (Å²) in [6.45, 7) is 4.69. The fourth-order valence-corrected chi connectivity index (χ4v) is 3.32. The predicted molar refractivity (Wildman–Crippen MR) is 108 cm³/mol. The van der Waals surface area contributed by atoms with Crippen LogP contribution in [0.2, 0.25) is 5.02 Å². The van der Waals surface area contributed by atoms with E-state index in [0.717, 1.165) is 18.8 Å². The summed E-state index contributed by atoms with van der Waals surface area (Å²) in [7, 11) is 0. The van der Waals surface area contributed by atoms with Gasteiger partial charge in [-0.1, -0.05) is 11.6 Å². The number of hydrogen-bond donors (Lipinski definition) is 2. The van der Waals surface area contributed by atoms with E-state index in [1.807, 2.05) is 12.1 Å². The van der Waals surface area contributed by atoms with Gasteiger partial charge >= 0.3 is 0 Å². The van der Waals surface area contributed by atoms with Crippen LogP contribution < -0.4 is 10.2 Å². The molecule has 0 aromatic heterocycles. The summed E-state index contributed by atoms with van der Waals surface area (Å²) in [5, 5.41) is 23.3. The Labute approximate surface area is 167 Å². The van der Waals surface area contributed by atoms with Crippen molar-refractivity contribution < 1.29 is 14.8 Å². The number of aromatic hydroxyl groups is 1. The second-order valence-corrected chi connectivity index (χ2v) is 7.03. The highest BCUT2D eigenvalue weighted by atomic mass is 35.5. The SMILES string of the molecule is C[C@@H](C(=O)Nc1cc([N+](=O)[O-])ccc1Cl)N1CCN(c2ccc(O)cc2)CC1. The van der Waals surface area contributed by atoms with Crippen LogP contribution in [0.15, 0.2) is 42.5 Å². The van der Waals surface area contributed by atoms with E-state index >= 15 is 0 Å². The number of nitrogens with zero attached hydrogens (tertiary/aromatic N) is 3. The number of non-ortho nitro benzene ring substituents is 1. The van der Waals surface area contributed by atoms with Gasteiger partial charge in [0, 0.05) is 44.0 Å². The molecule has 28 heavy (non-hydrogen) atoms. The maximum Gasteiger partial charge on any atom is 0.271 e. The Bertz CT molecular complexity index is 867. The summed E-state index contributed by atoms with van der Waals surface area (Å²) in [5.74, 6) is -0.0343. The molecule has 1 aliphatic rings. The minimum atomic E-state index is -0.530. The summed E-state index contributed by atoms with van der Waals surface area (Å²) >= 11 is 6.06. The second kappa shape index (κ2) is 8.45. The molecule has 3 rings (SSSR count). The van der Waals surface area contributed by atoms with E-state index in [1.54, 1.807) is 19.1 Å². The van der Waals surface area contributed by atoms with Gasteiger partial charge in [0.15, 0.2) is 0 Å². The molecular formula is C19H21ClN4O4. The fourth-order valence-electron chi connectivity index (χ4n) is 3.16. The summed E-state index contributed by atoms with van der Waals surface area (Å²) in [5.41, 5.74) is 1.13. The zero-order chi connectivity index (χ0) is 20.3. The van der Waals surface area contributed by atoms with Crippen molar-refractivity contribution in [2.45, 2.75) is 13.0 Å². The number of nitro benzene ring substituents is 1. The lowest BCUT2D eigenvalue weighted by atomic mass is 10.2. The van der Waals surface area contributed by atoms with Crippen molar-refractivity contribution in [3.63, 3.8) is 0 Å². The van der Waals surface area contributed by atoms with Crippen LogP contribution in [-0.4, -0.2) is 53.1 Å². The second-order valence-electron chi connectivity index (χ2n) is 6.63. The van der Waals surface area contributed by atoms with Crippen molar-refractivity contribution in [2.24, 2.45) is 0 Å². The molecule has 2 aromatic rings. The largest absolute Gasteiger partial charge is 0.508 e. The van der Waals surface area contributed by atoms with E-state index in [0.29, 0.717) is 13.1 Å². The number of anilines is 2. The van der Waals surface area contributed by atoms with Crippen molar-refractivity contribution in [3.05, 3.63) is 57.6 Å². The number of halogens is 1. The molecule has 9 heteroatoms. The van der Waals surface area contributed by atoms with Gasteiger partial charge in [0.1, 0.15) is 5.75 Å². The molecule has 2 N–H and O–H groups in total. The van der Waals surface area contributed by atoms with Gasteiger partial charge < -0.3 is 15.3 Å². The van der Waals surface area contributed by atoms with Gasteiger partial charge in [-0.05, 0) is 37.3 Å². The van der Waals surface area contributed by atoms with Gasteiger partial charge in [-0.25, -0.2) is 0 Å². The van der Waals surface area contributed by atoms with Gasteiger partial charge in [0.05, 0.1) is 21.7 Å². The van der Waals surface area contributed by atoms with Crippen molar-refractivity contribution >= 4 is 34.6 Å². The molecule has 1 atom stereocenters. The fraction of sp³-hybridized carbons (Fsp3) is 0.316. The number of carbonyl (C=O) groups is 1. The molecule has 0 radical (unpaired) electrons. The number of nitro groups is 1. The molecule has 1 amide bonds. The molecule has 1 aliphatic heterocycles. The van der Waals surface area contributed by atoms with Crippen LogP contribution in [0.4, 0.5) is 17.1 Å². The van der Waals surface area contributed by atoms with Gasteiger partial charge in [-0.2, -0.15) is 0 Å². The van der Waals surface area contributed by atoms with Crippen molar-refractivity contribution in [2.75, 3.05) is 36.4 Å². The number of phenolic OH excluding ortho intramolecular Hbond substituents is 1. The summed E-state index contributed by atoms with van der Waals surface area (Å²) in [4.78, 5) is 27.2. The van der Waals surface area contributed by atoms with Crippen LogP contribution in [0.5, 0.6) is 5.75 Å². The molecule has 0 saturated carbocycles. The molecule has 0 aliphatic carbocycles. The number of carbonyl (C=O) groups excluding carboxylic acids is 1. The quantitative estimate of drug-likeness (QED) is 0.586. The van der Waals surface area contributed by atoms with Crippen molar-refractivity contribution in [1.29, 1.82) is 0 Å². The molecule has 1 saturated heterocycles. The first-order valence-corrected chi connectivity index (χ1v) is 9.26. The number of phenols is 1. The highest BCUT2D eigenvalue weighted by Gasteiger charge is 2.26. The number of rotatable bonds is 5. The van der Waals surface area contributed by atoms with Crippen LogP contribution in [0.25, 0.3) is 0 Å². The highest BCUT2D eigenvalue weighted by Crippen LogP contribution is 2.27. The Hall–Kier alpha value is -2.84. The third-order valence-corrected chi connectivity index (χ3v) is 5.20. The molecule has 1 fully saturated rings. The van der Waals surface area contributed by atoms with Crippen molar-refractivity contribution in [3.8, 4) is 5.75 Å². The van der Waals surface area contributed by atoms with Crippen molar-refractivity contribution in [1.82, 2.24) is 4.90 Å². The zero-order valence-electron chi connectivity index (χ0n) is 15.3. The van der Waals surface area contributed by atoms with Gasteiger partial charge in [-0.15, -0.1) is 0 Å². The van der Waals surface area contributed by atoms with Crippen LogP contribution in [0.3, 0.4) is 0 Å². The molecule has 1 heterocycles. The number of nitrogens with one attached hydrogen (secondary N) is 1. The lowest BCUT2D eigenvalue weighted by Gasteiger charge is -2.38. The van der Waals surface area contributed by atoms with Gasteiger partial charge in [0.25, 0.3) is 5.69 Å². The van der Waals surface area contributed by atoms with Crippen LogP contribution >= 0.6 is 11.6 Å². The third-order valence-electron chi connectivity index (χ3n) is 4.87. The monoisotopic (exact) mass is 404 g/mol. The summed E-state index contributed by atoms with van der Waals surface area (Å²) in [6.07, 6.45) is 0. The first-order valence-electron chi connectivity index (χ1n) is 8.88. The smallest absolute Gasteiger partial charge is 0.271 e. The Morgan fingerprint density at radius 2 is 1.82 bits per heavy atom. The average Bonchev–Trinajstić information content (AvgIpc) is 2.69. The molecule has 0 spiro atoms. The molecular weight excluding hydrogens is 384 g/mol. The maximum atomic E-state index is 12.6. The number of piperazine rings is 1. The molecule has 2 aromatic carbocycles. The van der Waals surface area contributed by atoms with Crippen LogP contribution in [0, 0.1) is 10.1 Å². The standard InChI is InChI=1S/C19H21ClN4O4/c1-13(19(26)21-18-12-15(24(27)28)4-7-17(18)20)22-8-10-23(11-9-22)14-2-5-16(25)6-3-14/h2-7,12-13,25H,8-11H2,1H3,(H,21,26)/t13-/m0/s1. The predicted octanol–water partition coefficient (Wildman–Crippen LogP) is 3.10. The highest BCUT2D eigenvalue weighted by molar-refractivity contribution is 6.33. The number of benzene rings is 2. The molecule has 0 unspecified atom stereocenters. The zero-order valence-corrected chi connectivity index (χ0v) is 16.1. The molecule has 8 nitrogen and oxygen atoms in total. The maximum absolute atomic E-state index is 12.6. The van der Waals surface area contributed by atoms with E-state index in [9.17, 15) is 20.0 Å². The summed E-state index contributed by atoms with van der Waals surface area (Å²) < 4.78 is 0. The first kappa shape index (κ1) is 19.9. The number of hydrogen-bond acceptors (Lipinski definition) is 6. The third kappa shape index (κ3) is 4.52. The van der Waals surface area contributed by atoms with E-state index in [1.165, 1.54) is 18.2 Å². The van der Waals surface area contributed by atoms with E-state index in [2.05, 4.69) is 15.1 Å². The topological polar surface area (TPSA) is 98.9 Å². The Morgan fingerprint density at radius 1 is 1.18 bits per heavy atom. The molecule has 0 bridgehead atoms. The average molecular weight is 405 g/mol. The molecule has 148 valence electrons. The van der Waals surface area contributed by atoms with Gasteiger partial charge in [-0.3, -0.25) is 19.8 Å². The lowest BCUT2D eigenvalue weighted by Crippen LogP contribution is -2.52. The normalized spacial score (nSPS) is 15.9. The van der Waals surface area contributed by atoms with E-state index in [4.69, 9.17) is 11.6 Å². The van der Waals surface area contributed by atoms with Gasteiger partial charge in [0.2, 0.25) is 5.91 Å². The minimum absolute atomic E-state index is 0.130. The Kier molecular flexibility index (Phi) is 6.01. The minimum Gasteiger partial charge on any atom is -0.508 e. The van der Waals surface area contributed by atoms with E-state index in [-0.39, 0.29) is 28.1 Å². The van der Waals surface area contributed by atoms with Crippen LogP contribution in [0.1, 0.15) is 6.92 Å². The summed E-state index contributed by atoms with van der Waals surface area (Å²) in [6, 6.07) is 10.6. The van der Waals surface area contributed by atoms with E-state index < -0.39 is 11.0 Å². The Morgan fingerprint density at radius 3 is 2.43 bits per heavy atom. The first-order chi connectivity index (χ1) is 13.3. The van der Waals surface area contributed by atoms with Crippen LogP contribution in [-0.2, 0) is 4.79 Å². The Balaban J connectivity index is 1.59. The lowest BCUT2D eigenvalue weighted by molar-refractivity contribution is -0.384. The number of amides is 1.